The van der Waals surface area contributed by atoms with Gasteiger partial charge in [-0.25, -0.2) is 19.3 Å². The predicted molar refractivity (Wildman–Crippen MR) is 79.4 cm³/mol. The number of fused-ring (bicyclic) bond motifs is 1. The van der Waals surface area contributed by atoms with Crippen LogP contribution in [0.5, 0.6) is 0 Å². The molecule has 2 heterocycles. The minimum Gasteiger partial charge on any atom is -0.319 e. The number of hydrogen-bond acceptors (Lipinski definition) is 4. The summed E-state index contributed by atoms with van der Waals surface area (Å²) < 4.78 is 13.0. The quantitative estimate of drug-likeness (QED) is 0.940. The standard InChI is InChI=1S/C16H19FN4/c1-10-13-7-11(8-18-2)3-5-14(13)21-16(20-10)15-6-4-12(17)9-19-15/h4,6,9,11,18H,3,5,7-8H2,1-2H3. The summed E-state index contributed by atoms with van der Waals surface area (Å²) in [6.07, 6.45) is 4.34. The summed E-state index contributed by atoms with van der Waals surface area (Å²) in [6, 6.07) is 3.02. The first-order valence-corrected chi connectivity index (χ1v) is 7.30. The monoisotopic (exact) mass is 286 g/mol. The van der Waals surface area contributed by atoms with Crippen LogP contribution in [0, 0.1) is 18.7 Å². The van der Waals surface area contributed by atoms with Crippen molar-refractivity contribution in [2.24, 2.45) is 5.92 Å². The Labute approximate surface area is 123 Å². The van der Waals surface area contributed by atoms with Crippen molar-refractivity contribution in [3.63, 3.8) is 0 Å². The number of halogens is 1. The first kappa shape index (κ1) is 14.1. The molecule has 0 fully saturated rings. The smallest absolute Gasteiger partial charge is 0.178 e. The Morgan fingerprint density at radius 2 is 2.19 bits per heavy atom. The maximum absolute atomic E-state index is 13.0. The van der Waals surface area contributed by atoms with Crippen LogP contribution in [-0.4, -0.2) is 28.5 Å². The Hall–Kier alpha value is -1.88. The van der Waals surface area contributed by atoms with E-state index in [2.05, 4.69) is 20.3 Å². The van der Waals surface area contributed by atoms with E-state index in [4.69, 9.17) is 0 Å². The second kappa shape index (κ2) is 5.85. The van der Waals surface area contributed by atoms with Crippen LogP contribution in [-0.2, 0) is 12.8 Å². The Bertz CT molecular complexity index is 639. The number of rotatable bonds is 3. The third kappa shape index (κ3) is 2.93. The first-order valence-electron chi connectivity index (χ1n) is 7.30. The summed E-state index contributed by atoms with van der Waals surface area (Å²) in [6.45, 7) is 3.05. The largest absolute Gasteiger partial charge is 0.319 e. The molecule has 110 valence electrons. The lowest BCUT2D eigenvalue weighted by Crippen LogP contribution is -2.26. The van der Waals surface area contributed by atoms with Gasteiger partial charge >= 0.3 is 0 Å². The van der Waals surface area contributed by atoms with E-state index in [0.717, 1.165) is 37.2 Å². The lowest BCUT2D eigenvalue weighted by Gasteiger charge is -2.25. The molecule has 0 saturated heterocycles. The van der Waals surface area contributed by atoms with Crippen LogP contribution in [0.2, 0.25) is 0 Å². The number of nitrogens with zero attached hydrogens (tertiary/aromatic N) is 3. The Morgan fingerprint density at radius 1 is 1.33 bits per heavy atom. The van der Waals surface area contributed by atoms with Crippen molar-refractivity contribution < 1.29 is 4.39 Å². The maximum Gasteiger partial charge on any atom is 0.178 e. The number of nitrogens with one attached hydrogen (secondary N) is 1. The zero-order chi connectivity index (χ0) is 14.8. The molecule has 0 saturated carbocycles. The van der Waals surface area contributed by atoms with Crippen molar-refractivity contribution in [2.45, 2.75) is 26.2 Å². The molecule has 0 radical (unpaired) electrons. The molecule has 4 nitrogen and oxygen atoms in total. The molecule has 1 N–H and O–H groups in total. The number of hydrogen-bond donors (Lipinski definition) is 1. The van der Waals surface area contributed by atoms with E-state index in [1.54, 1.807) is 6.07 Å². The lowest BCUT2D eigenvalue weighted by molar-refractivity contribution is 0.433. The van der Waals surface area contributed by atoms with E-state index in [-0.39, 0.29) is 5.82 Å². The highest BCUT2D eigenvalue weighted by molar-refractivity contribution is 5.50. The van der Waals surface area contributed by atoms with Crippen LogP contribution in [0.1, 0.15) is 23.4 Å². The van der Waals surface area contributed by atoms with Gasteiger partial charge in [0.1, 0.15) is 11.5 Å². The van der Waals surface area contributed by atoms with Gasteiger partial charge in [0.05, 0.1) is 6.20 Å². The summed E-state index contributed by atoms with van der Waals surface area (Å²) in [5.74, 6) is 0.904. The van der Waals surface area contributed by atoms with Crippen molar-refractivity contribution in [2.75, 3.05) is 13.6 Å². The van der Waals surface area contributed by atoms with Gasteiger partial charge in [-0.3, -0.25) is 0 Å². The van der Waals surface area contributed by atoms with Crippen LogP contribution in [0.4, 0.5) is 4.39 Å². The van der Waals surface area contributed by atoms with E-state index in [1.807, 2.05) is 14.0 Å². The molecule has 2 aromatic rings. The zero-order valence-electron chi connectivity index (χ0n) is 12.4. The fourth-order valence-corrected chi connectivity index (χ4v) is 2.94. The Balaban J connectivity index is 1.93. The van der Waals surface area contributed by atoms with E-state index < -0.39 is 0 Å². The summed E-state index contributed by atoms with van der Waals surface area (Å²) >= 11 is 0. The van der Waals surface area contributed by atoms with E-state index >= 15 is 0 Å². The van der Waals surface area contributed by atoms with Gasteiger partial charge < -0.3 is 5.32 Å². The highest BCUT2D eigenvalue weighted by atomic mass is 19.1. The van der Waals surface area contributed by atoms with Crippen LogP contribution in [0.25, 0.3) is 11.5 Å². The molecule has 0 bridgehead atoms. The zero-order valence-corrected chi connectivity index (χ0v) is 12.4. The van der Waals surface area contributed by atoms with Crippen molar-refractivity contribution in [3.8, 4) is 11.5 Å². The maximum atomic E-state index is 13.0. The minimum atomic E-state index is -0.344. The molecule has 3 rings (SSSR count). The minimum absolute atomic E-state index is 0.344. The second-order valence-corrected chi connectivity index (χ2v) is 5.59. The van der Waals surface area contributed by atoms with Crippen molar-refractivity contribution in [1.29, 1.82) is 0 Å². The highest BCUT2D eigenvalue weighted by Gasteiger charge is 2.22. The molecule has 21 heavy (non-hydrogen) atoms. The normalized spacial score (nSPS) is 17.6. The molecule has 0 amide bonds. The number of aromatic nitrogens is 3. The lowest BCUT2D eigenvalue weighted by atomic mass is 9.85. The molecule has 0 aliphatic heterocycles. The molecule has 0 spiro atoms. The Kier molecular flexibility index (Phi) is 3.92. The van der Waals surface area contributed by atoms with E-state index in [9.17, 15) is 4.39 Å². The molecule has 2 aromatic heterocycles. The summed E-state index contributed by atoms with van der Waals surface area (Å²) in [5, 5.41) is 3.24. The van der Waals surface area contributed by atoms with Crippen LogP contribution in [0.15, 0.2) is 18.3 Å². The van der Waals surface area contributed by atoms with Gasteiger partial charge in [0.15, 0.2) is 5.82 Å². The highest BCUT2D eigenvalue weighted by Crippen LogP contribution is 2.27. The first-order chi connectivity index (χ1) is 10.2. The van der Waals surface area contributed by atoms with Gasteiger partial charge in [-0.1, -0.05) is 0 Å². The van der Waals surface area contributed by atoms with Gasteiger partial charge in [0, 0.05) is 11.4 Å². The average molecular weight is 286 g/mol. The summed E-state index contributed by atoms with van der Waals surface area (Å²) in [5.41, 5.74) is 4.03. The molecule has 1 atom stereocenters. The van der Waals surface area contributed by atoms with Crippen LogP contribution >= 0.6 is 0 Å². The van der Waals surface area contributed by atoms with Crippen LogP contribution < -0.4 is 5.32 Å². The van der Waals surface area contributed by atoms with Gasteiger partial charge in [-0.05, 0) is 63.4 Å². The number of pyridine rings is 1. The molecule has 1 aliphatic carbocycles. The average Bonchev–Trinajstić information content (AvgIpc) is 2.49. The summed E-state index contributed by atoms with van der Waals surface area (Å²) in [7, 11) is 1.99. The molecular weight excluding hydrogens is 267 g/mol. The Morgan fingerprint density at radius 3 is 2.90 bits per heavy atom. The predicted octanol–water partition coefficient (Wildman–Crippen LogP) is 2.31. The fraction of sp³-hybridized carbons (Fsp3) is 0.438. The summed E-state index contributed by atoms with van der Waals surface area (Å²) in [4.78, 5) is 13.3. The fourth-order valence-electron chi connectivity index (χ4n) is 2.94. The van der Waals surface area contributed by atoms with Crippen molar-refractivity contribution >= 4 is 0 Å². The second-order valence-electron chi connectivity index (χ2n) is 5.59. The van der Waals surface area contributed by atoms with Crippen LogP contribution in [0.3, 0.4) is 0 Å². The van der Waals surface area contributed by atoms with Gasteiger partial charge in [0.25, 0.3) is 0 Å². The topological polar surface area (TPSA) is 50.7 Å². The van der Waals surface area contributed by atoms with Gasteiger partial charge in [-0.2, -0.15) is 0 Å². The van der Waals surface area contributed by atoms with E-state index in [0.29, 0.717) is 17.4 Å². The van der Waals surface area contributed by atoms with Crippen molar-refractivity contribution in [3.05, 3.63) is 41.1 Å². The third-order valence-electron chi connectivity index (χ3n) is 4.03. The van der Waals surface area contributed by atoms with Crippen molar-refractivity contribution in [1.82, 2.24) is 20.3 Å². The SMILES string of the molecule is CNCC1CCc2nc(-c3ccc(F)cn3)nc(C)c2C1. The van der Waals surface area contributed by atoms with Gasteiger partial charge in [0.2, 0.25) is 0 Å². The molecule has 0 aromatic carbocycles. The van der Waals surface area contributed by atoms with E-state index in [1.165, 1.54) is 17.8 Å². The molecule has 5 heteroatoms. The van der Waals surface area contributed by atoms with Gasteiger partial charge in [-0.15, -0.1) is 0 Å². The molecular formula is C16H19FN4. The number of aryl methyl sites for hydroxylation is 2. The third-order valence-corrected chi connectivity index (χ3v) is 4.03. The molecule has 1 unspecified atom stereocenters. The molecule has 1 aliphatic rings.